The smallest absolute Gasteiger partial charge is 0.287 e. The second kappa shape index (κ2) is 24.5. The molecule has 0 bridgehead atoms. The van der Waals surface area contributed by atoms with Crippen molar-refractivity contribution in [1.82, 2.24) is 35.9 Å². The van der Waals surface area contributed by atoms with E-state index in [2.05, 4.69) is 10.9 Å². The lowest BCUT2D eigenvalue weighted by molar-refractivity contribution is -0.165. The number of amides is 9. The summed E-state index contributed by atoms with van der Waals surface area (Å²) in [6.07, 6.45) is 0. The molecule has 12 N–H and O–H groups in total. The number of hydrazine groups is 2. The molecule has 5 aromatic rings. The highest BCUT2D eigenvalue weighted by molar-refractivity contribution is 6.39. The molecule has 5 aliphatic rings. The van der Waals surface area contributed by atoms with Crippen LogP contribution in [0.25, 0.3) is 0 Å². The Labute approximate surface area is 524 Å². The van der Waals surface area contributed by atoms with Crippen molar-refractivity contribution in [2.75, 3.05) is 0 Å². The van der Waals surface area contributed by atoms with Gasteiger partial charge in [0.05, 0.1) is 65.8 Å². The number of phenolic OH excluding ortho intramolecular Hbond substituents is 10. The number of nitrogens with zero attached hydrogens (tertiary/aromatic N) is 5. The maximum Gasteiger partial charge on any atom is 0.287 e. The van der Waals surface area contributed by atoms with Crippen molar-refractivity contribution >= 4 is 76.4 Å². The van der Waals surface area contributed by atoms with Crippen LogP contribution in [0, 0.1) is 0 Å². The minimum atomic E-state index is -0.768. The molecule has 9 amide bonds. The molecule has 5 aliphatic heterocycles. The number of carbonyl (C=O) groups excluding carboxylic acids is 9. The van der Waals surface area contributed by atoms with Crippen LogP contribution < -0.4 is 10.9 Å². The van der Waals surface area contributed by atoms with Gasteiger partial charge in [-0.3, -0.25) is 52.8 Å². The van der Waals surface area contributed by atoms with Crippen LogP contribution in [0.4, 0.5) is 0 Å². The molecule has 0 saturated carbocycles. The zero-order valence-electron chi connectivity index (χ0n) is 51.3. The molecule has 0 unspecified atom stereocenters. The summed E-state index contributed by atoms with van der Waals surface area (Å²) in [5.74, 6) is -9.79. The zero-order chi connectivity index (χ0) is 68.5. The lowest BCUT2D eigenvalue weighted by Crippen LogP contribution is -2.51. The quantitative estimate of drug-likeness (QED) is 0.0598. The monoisotopic (exact) mass is 1290 g/mol. The number of rotatable bonds is 4. The molecule has 28 nitrogen and oxygen atoms in total. The summed E-state index contributed by atoms with van der Waals surface area (Å²) in [5, 5.41) is 96.2. The fourth-order valence-corrected chi connectivity index (χ4v) is 9.17. The van der Waals surface area contributed by atoms with Crippen LogP contribution in [0.2, 0.25) is 10.0 Å². The number of benzene rings is 5. The summed E-state index contributed by atoms with van der Waals surface area (Å²) in [7, 11) is 0. The van der Waals surface area contributed by atoms with Gasteiger partial charge < -0.3 is 56.0 Å². The van der Waals surface area contributed by atoms with E-state index in [-0.39, 0.29) is 77.5 Å². The Morgan fingerprint density at radius 3 is 0.989 bits per heavy atom. The molecule has 5 aromatic carbocycles. The van der Waals surface area contributed by atoms with Crippen molar-refractivity contribution in [1.29, 1.82) is 0 Å². The second-order valence-electron chi connectivity index (χ2n) is 25.6. The normalized spacial score (nSPS) is 15.2. The number of phenols is 10. The molecular weight excluding hydrogens is 1230 g/mol. The number of carbonyl (C=O) groups is 9. The summed E-state index contributed by atoms with van der Waals surface area (Å²) in [4.78, 5) is 120. The maximum atomic E-state index is 12.1. The summed E-state index contributed by atoms with van der Waals surface area (Å²) < 4.78 is 0. The number of nitrogens with one attached hydrogen (secondary N) is 2. The summed E-state index contributed by atoms with van der Waals surface area (Å²) in [6.45, 7) is 27.3. The van der Waals surface area contributed by atoms with E-state index in [4.69, 9.17) is 32.9 Å². The van der Waals surface area contributed by atoms with Crippen LogP contribution >= 0.6 is 23.2 Å². The Morgan fingerprint density at radius 1 is 0.356 bits per heavy atom. The van der Waals surface area contributed by atoms with Gasteiger partial charge in [-0.1, -0.05) is 23.2 Å². The minimum absolute atomic E-state index is 0.0135. The van der Waals surface area contributed by atoms with E-state index in [1.165, 1.54) is 12.1 Å². The Kier molecular flexibility index (Phi) is 19.0. The third kappa shape index (κ3) is 14.5. The van der Waals surface area contributed by atoms with E-state index in [1.54, 1.807) is 67.2 Å². The van der Waals surface area contributed by atoms with Gasteiger partial charge in [-0.15, -0.1) is 10.1 Å². The van der Waals surface area contributed by atoms with Crippen LogP contribution in [0.1, 0.15) is 203 Å². The maximum absolute atomic E-state index is 12.1. The van der Waals surface area contributed by atoms with Gasteiger partial charge in [-0.25, -0.2) is 20.9 Å². The Morgan fingerprint density at radius 2 is 0.633 bits per heavy atom. The van der Waals surface area contributed by atoms with Crippen LogP contribution in [0.15, 0.2) is 48.5 Å². The van der Waals surface area contributed by atoms with Gasteiger partial charge in [0, 0.05) is 28.7 Å². The molecule has 482 valence electrons. The number of aromatic hydroxyl groups is 10. The van der Waals surface area contributed by atoms with Crippen molar-refractivity contribution < 1.29 is 104 Å². The van der Waals surface area contributed by atoms with Gasteiger partial charge in [0.25, 0.3) is 53.2 Å². The summed E-state index contributed by atoms with van der Waals surface area (Å²) in [5.41, 5.74) is 3.80. The van der Waals surface area contributed by atoms with Gasteiger partial charge in [0.1, 0.15) is 0 Å². The Hall–Kier alpha value is -9.45. The fourth-order valence-electron chi connectivity index (χ4n) is 8.61. The SMILES string of the molecule is CC(C)(C)N1Cc2cc(O)c(O)cc2C1=O.CC(C)(C)NN1C(=O)c2cc(O)c(O)c(Cl)c2C1=O.CC(C)(C)NN1C(=O)c2cc(O)c(O)cc2C1=O.CC(C)(C)ON1C(=O)c2cc(O)c(O)c(Cl)c2C1=O.CC(C)(C)ON1C(=O)c2cc(O)c(O)cc2C1=O. The van der Waals surface area contributed by atoms with Gasteiger partial charge >= 0.3 is 0 Å². The number of halogens is 2. The van der Waals surface area contributed by atoms with Gasteiger partial charge in [-0.2, -0.15) is 0 Å². The summed E-state index contributed by atoms with van der Waals surface area (Å²) in [6, 6.07) is 9.09. The third-order valence-corrected chi connectivity index (χ3v) is 13.2. The molecule has 0 fully saturated rings. The lowest BCUT2D eigenvalue weighted by atomic mass is 10.1. The van der Waals surface area contributed by atoms with Crippen molar-refractivity contribution in [3.05, 3.63) is 114 Å². The lowest BCUT2D eigenvalue weighted by Gasteiger charge is -2.31. The molecule has 0 spiro atoms. The van der Waals surface area contributed by atoms with E-state index in [0.717, 1.165) is 52.0 Å². The van der Waals surface area contributed by atoms with Crippen LogP contribution in [0.3, 0.4) is 0 Å². The van der Waals surface area contributed by atoms with Crippen LogP contribution in [-0.2, 0) is 16.2 Å². The molecule has 0 aliphatic carbocycles. The molecule has 10 rings (SSSR count). The van der Waals surface area contributed by atoms with Gasteiger partial charge in [0.15, 0.2) is 57.5 Å². The van der Waals surface area contributed by atoms with E-state index in [0.29, 0.717) is 22.2 Å². The summed E-state index contributed by atoms with van der Waals surface area (Å²) >= 11 is 11.6. The Bertz CT molecular complexity index is 3600. The standard InChI is InChI=1S/C12H13ClN2O4.C12H12ClNO5.C12H14N2O4.C12H13NO5.C12H15NO3/c1-12(2,3)14-15-10(18)5-4-6(16)9(17)8(13)7(5)11(15)19;1-12(2,3)19-14-10(17)5-4-6(15)9(16)8(13)7(5)11(14)18;1-12(2,3)13-14-10(17)6-4-8(15)9(16)5-7(6)11(14)18;1-12(2,3)18-13-10(16)6-4-8(14)9(15)5-7(6)11(13)17;1-12(2,3)13-6-7-4-9(14)10(15)5-8(7)11(13)16/h4,14,16-17H,1-3H3;4,15-16H,1-3H3;4-5,13,15-16H,1-3H3;4-5,14-15H,1-3H3;4-5,14-15H,6H2,1-3H3. The number of hydrogen-bond donors (Lipinski definition) is 12. The predicted octanol–water partition coefficient (Wildman–Crippen LogP) is 8.00. The Balaban J connectivity index is 0.000000179. The fraction of sp³-hybridized carbons (Fsp3) is 0.350. The van der Waals surface area contributed by atoms with Crippen molar-refractivity contribution in [2.45, 2.75) is 138 Å². The molecule has 0 aromatic heterocycles. The number of hydrogen-bond acceptors (Lipinski definition) is 23. The largest absolute Gasteiger partial charge is 0.504 e. The topological polar surface area (TPSA) is 415 Å². The highest BCUT2D eigenvalue weighted by atomic mass is 35.5. The molecule has 5 heterocycles. The van der Waals surface area contributed by atoms with Crippen molar-refractivity contribution in [2.24, 2.45) is 0 Å². The molecule has 0 radical (unpaired) electrons. The van der Waals surface area contributed by atoms with Gasteiger partial charge in [-0.05, 0) is 158 Å². The second-order valence-corrected chi connectivity index (χ2v) is 26.4. The number of fused-ring (bicyclic) bond motifs is 5. The number of imide groups is 4. The molecular formula is C60H67Cl2N7O21. The zero-order valence-corrected chi connectivity index (χ0v) is 52.8. The first-order valence-electron chi connectivity index (χ1n) is 26.9. The highest BCUT2D eigenvalue weighted by Gasteiger charge is 2.45. The first kappa shape index (κ1) is 69.6. The predicted molar refractivity (Wildman–Crippen MR) is 318 cm³/mol. The first-order valence-corrected chi connectivity index (χ1v) is 27.7. The highest BCUT2D eigenvalue weighted by Crippen LogP contribution is 2.44. The average molecular weight is 1290 g/mol. The van der Waals surface area contributed by atoms with Crippen molar-refractivity contribution in [3.8, 4) is 57.5 Å². The number of hydroxylamine groups is 4. The van der Waals surface area contributed by atoms with E-state index in [1.807, 2.05) is 41.5 Å². The molecule has 90 heavy (non-hydrogen) atoms. The van der Waals surface area contributed by atoms with E-state index < -0.39 is 116 Å². The third-order valence-electron chi connectivity index (χ3n) is 12.5. The van der Waals surface area contributed by atoms with Crippen molar-refractivity contribution in [3.63, 3.8) is 0 Å². The van der Waals surface area contributed by atoms with Gasteiger partial charge in [0.2, 0.25) is 0 Å². The average Bonchev–Trinajstić information content (AvgIpc) is 1.64. The minimum Gasteiger partial charge on any atom is -0.504 e. The van der Waals surface area contributed by atoms with E-state index >= 15 is 0 Å². The van der Waals surface area contributed by atoms with E-state index in [9.17, 15) is 94.2 Å². The van der Waals surface area contributed by atoms with Crippen LogP contribution in [-0.4, -0.2) is 157 Å². The first-order chi connectivity index (χ1) is 41.0. The molecule has 0 saturated heterocycles. The van der Waals surface area contributed by atoms with Crippen LogP contribution in [0.5, 0.6) is 57.5 Å². The molecule has 30 heteroatoms. The molecule has 0 atom stereocenters.